The molecular formula is C20H29N5O4. The molecule has 0 spiro atoms. The molecule has 0 radical (unpaired) electrons. The van der Waals surface area contributed by atoms with Gasteiger partial charge in [-0.1, -0.05) is 0 Å². The van der Waals surface area contributed by atoms with Gasteiger partial charge in [-0.05, 0) is 37.2 Å². The molecule has 0 saturated carbocycles. The minimum absolute atomic E-state index is 0.0285. The molecule has 3 saturated heterocycles. The van der Waals surface area contributed by atoms with Gasteiger partial charge < -0.3 is 20.2 Å². The summed E-state index contributed by atoms with van der Waals surface area (Å²) in [7, 11) is 0. The van der Waals surface area contributed by atoms with Crippen molar-refractivity contribution < 1.29 is 19.5 Å². The number of aromatic nitrogens is 2. The zero-order valence-corrected chi connectivity index (χ0v) is 16.6. The van der Waals surface area contributed by atoms with Crippen LogP contribution in [0, 0.1) is 11.8 Å². The van der Waals surface area contributed by atoms with Crippen molar-refractivity contribution in [2.75, 3.05) is 26.2 Å². The number of nitrogens with one attached hydrogen (secondary N) is 1. The summed E-state index contributed by atoms with van der Waals surface area (Å²) >= 11 is 0. The first-order chi connectivity index (χ1) is 14.1. The van der Waals surface area contributed by atoms with Crippen molar-refractivity contribution in [2.45, 2.75) is 50.7 Å². The fourth-order valence-electron chi connectivity index (χ4n) is 5.31. The van der Waals surface area contributed by atoms with Crippen molar-refractivity contribution in [3.05, 3.63) is 18.5 Å². The van der Waals surface area contributed by atoms with Crippen molar-refractivity contribution in [1.82, 2.24) is 24.9 Å². The van der Waals surface area contributed by atoms with Gasteiger partial charge in [0.25, 0.3) is 0 Å². The SMILES string of the molecule is O=C(Cn1cccn1)NC[C@H]1[C@H]2C[C@H](CN(C(=O)CCO)C2)[C@@H]2CCCC(=O)N21. The highest BCUT2D eigenvalue weighted by atomic mass is 16.3. The molecule has 4 atom stereocenters. The zero-order valence-electron chi connectivity index (χ0n) is 16.6. The van der Waals surface area contributed by atoms with Crippen LogP contribution in [0.5, 0.6) is 0 Å². The quantitative estimate of drug-likeness (QED) is 0.673. The van der Waals surface area contributed by atoms with E-state index in [1.807, 2.05) is 9.80 Å². The fourth-order valence-corrected chi connectivity index (χ4v) is 5.31. The lowest BCUT2D eigenvalue weighted by molar-refractivity contribution is -0.156. The third kappa shape index (κ3) is 4.14. The first-order valence-corrected chi connectivity index (χ1v) is 10.5. The van der Waals surface area contributed by atoms with E-state index in [4.69, 9.17) is 5.11 Å². The Labute approximate surface area is 170 Å². The molecule has 9 heteroatoms. The predicted octanol–water partition coefficient (Wildman–Crippen LogP) is -0.390. The minimum atomic E-state index is -0.147. The van der Waals surface area contributed by atoms with Crippen LogP contribution in [-0.2, 0) is 20.9 Å². The topological polar surface area (TPSA) is 108 Å². The normalized spacial score (nSPS) is 28.8. The third-order valence-corrected chi connectivity index (χ3v) is 6.55. The molecule has 2 N–H and O–H groups in total. The van der Waals surface area contributed by atoms with Gasteiger partial charge in [-0.3, -0.25) is 19.1 Å². The fraction of sp³-hybridized carbons (Fsp3) is 0.700. The molecule has 3 aliphatic heterocycles. The summed E-state index contributed by atoms with van der Waals surface area (Å²) in [5, 5.41) is 16.2. The number of fused-ring (bicyclic) bond motifs is 4. The second-order valence-corrected chi connectivity index (χ2v) is 8.36. The largest absolute Gasteiger partial charge is 0.396 e. The van der Waals surface area contributed by atoms with E-state index >= 15 is 0 Å². The summed E-state index contributed by atoms with van der Waals surface area (Å²) < 4.78 is 1.57. The van der Waals surface area contributed by atoms with Crippen LogP contribution in [0.3, 0.4) is 0 Å². The van der Waals surface area contributed by atoms with Crippen molar-refractivity contribution >= 4 is 17.7 Å². The maximum Gasteiger partial charge on any atom is 0.241 e. The van der Waals surface area contributed by atoms with Gasteiger partial charge in [-0.15, -0.1) is 0 Å². The highest BCUT2D eigenvalue weighted by Crippen LogP contribution is 2.41. The number of piperidine rings is 3. The third-order valence-electron chi connectivity index (χ3n) is 6.55. The molecule has 3 fully saturated rings. The Bertz CT molecular complexity index is 752. The predicted molar refractivity (Wildman–Crippen MR) is 103 cm³/mol. The van der Waals surface area contributed by atoms with Gasteiger partial charge in [-0.2, -0.15) is 5.10 Å². The van der Waals surface area contributed by atoms with E-state index in [9.17, 15) is 14.4 Å². The summed E-state index contributed by atoms with van der Waals surface area (Å²) in [6, 6.07) is 1.80. The number of hydrogen-bond acceptors (Lipinski definition) is 5. The minimum Gasteiger partial charge on any atom is -0.396 e. The molecule has 0 unspecified atom stereocenters. The first-order valence-electron chi connectivity index (χ1n) is 10.5. The van der Waals surface area contributed by atoms with Crippen LogP contribution in [0.1, 0.15) is 32.1 Å². The number of likely N-dealkylation sites (tertiary alicyclic amines) is 1. The van der Waals surface area contributed by atoms with Crippen molar-refractivity contribution in [3.63, 3.8) is 0 Å². The van der Waals surface area contributed by atoms with Gasteiger partial charge in [0.1, 0.15) is 6.54 Å². The molecule has 29 heavy (non-hydrogen) atoms. The molecule has 1 aromatic rings. The monoisotopic (exact) mass is 403 g/mol. The van der Waals surface area contributed by atoms with Gasteiger partial charge in [0.15, 0.2) is 0 Å². The van der Waals surface area contributed by atoms with E-state index in [0.29, 0.717) is 26.1 Å². The van der Waals surface area contributed by atoms with Crippen LogP contribution in [0.15, 0.2) is 18.5 Å². The van der Waals surface area contributed by atoms with E-state index in [-0.39, 0.29) is 61.2 Å². The Morgan fingerprint density at radius 1 is 1.28 bits per heavy atom. The van der Waals surface area contributed by atoms with Gasteiger partial charge in [0, 0.05) is 50.9 Å². The molecule has 0 aromatic carbocycles. The van der Waals surface area contributed by atoms with E-state index in [2.05, 4.69) is 10.4 Å². The van der Waals surface area contributed by atoms with Crippen LogP contribution in [0.2, 0.25) is 0 Å². The molecule has 158 valence electrons. The van der Waals surface area contributed by atoms with Crippen LogP contribution < -0.4 is 5.32 Å². The highest BCUT2D eigenvalue weighted by molar-refractivity contribution is 5.79. The van der Waals surface area contributed by atoms with Gasteiger partial charge in [0.05, 0.1) is 12.6 Å². The summed E-state index contributed by atoms with van der Waals surface area (Å²) in [6.45, 7) is 1.62. The lowest BCUT2D eigenvalue weighted by Crippen LogP contribution is -2.67. The Hall–Kier alpha value is -2.42. The number of nitrogens with zero attached hydrogens (tertiary/aromatic N) is 4. The van der Waals surface area contributed by atoms with E-state index in [0.717, 1.165) is 19.3 Å². The Kier molecular flexibility index (Phi) is 5.84. The maximum absolute atomic E-state index is 12.8. The summed E-state index contributed by atoms with van der Waals surface area (Å²) in [5.74, 6) is 0.411. The average molecular weight is 403 g/mol. The van der Waals surface area contributed by atoms with Gasteiger partial charge in [-0.25, -0.2) is 0 Å². The summed E-state index contributed by atoms with van der Waals surface area (Å²) in [4.78, 5) is 41.4. The average Bonchev–Trinajstić information content (AvgIpc) is 3.21. The maximum atomic E-state index is 12.8. The second-order valence-electron chi connectivity index (χ2n) is 8.36. The number of aliphatic hydroxyl groups excluding tert-OH is 1. The van der Waals surface area contributed by atoms with E-state index in [1.54, 1.807) is 23.1 Å². The number of carbonyl (C=O) groups excluding carboxylic acids is 3. The highest BCUT2D eigenvalue weighted by Gasteiger charge is 2.49. The Morgan fingerprint density at radius 3 is 2.86 bits per heavy atom. The summed E-state index contributed by atoms with van der Waals surface area (Å²) in [6.07, 6.45) is 6.86. The molecular weight excluding hydrogens is 374 g/mol. The standard InChI is InChI=1S/C20H29N5O4/c26-8-5-19(28)23-11-14-9-15(12-23)17(25-16(14)3-1-4-20(25)29)10-21-18(27)13-24-7-2-6-22-24/h2,6-7,14-17,26H,1,3-5,8-13H2,(H,21,27)/t14-,15+,16+,17+/m1/s1. The lowest BCUT2D eigenvalue weighted by atomic mass is 9.72. The number of aliphatic hydroxyl groups is 1. The van der Waals surface area contributed by atoms with Crippen molar-refractivity contribution in [3.8, 4) is 0 Å². The van der Waals surface area contributed by atoms with E-state index in [1.165, 1.54) is 0 Å². The molecule has 2 bridgehead atoms. The second kappa shape index (κ2) is 8.52. The van der Waals surface area contributed by atoms with Crippen LogP contribution in [0.4, 0.5) is 0 Å². The molecule has 4 rings (SSSR count). The number of hydrogen-bond donors (Lipinski definition) is 2. The number of amides is 3. The molecule has 3 aliphatic rings. The summed E-state index contributed by atoms with van der Waals surface area (Å²) in [5.41, 5.74) is 0. The van der Waals surface area contributed by atoms with Crippen LogP contribution >= 0.6 is 0 Å². The Morgan fingerprint density at radius 2 is 2.10 bits per heavy atom. The van der Waals surface area contributed by atoms with Crippen LogP contribution in [0.25, 0.3) is 0 Å². The van der Waals surface area contributed by atoms with Crippen molar-refractivity contribution in [1.29, 1.82) is 0 Å². The molecule has 4 heterocycles. The number of rotatable bonds is 6. The van der Waals surface area contributed by atoms with Gasteiger partial charge >= 0.3 is 0 Å². The van der Waals surface area contributed by atoms with Crippen molar-refractivity contribution in [2.24, 2.45) is 11.8 Å². The Balaban J connectivity index is 1.47. The zero-order chi connectivity index (χ0) is 20.4. The smallest absolute Gasteiger partial charge is 0.241 e. The van der Waals surface area contributed by atoms with Gasteiger partial charge in [0.2, 0.25) is 17.7 Å². The van der Waals surface area contributed by atoms with Crippen LogP contribution in [-0.4, -0.2) is 80.7 Å². The van der Waals surface area contributed by atoms with E-state index < -0.39 is 0 Å². The first kappa shape index (κ1) is 19.9. The molecule has 9 nitrogen and oxygen atoms in total. The molecule has 0 aliphatic carbocycles. The lowest BCUT2D eigenvalue weighted by Gasteiger charge is -2.56. The molecule has 3 amide bonds. The molecule has 1 aromatic heterocycles. The number of carbonyl (C=O) groups is 3.